The average Bonchev–Trinajstić information content (AvgIpc) is 2.66. The van der Waals surface area contributed by atoms with Crippen LogP contribution < -0.4 is 0 Å². The molecule has 3 rings (SSSR count). The Bertz CT molecular complexity index is 574. The quantitative estimate of drug-likeness (QED) is 0.508. The van der Waals surface area contributed by atoms with Gasteiger partial charge in [-0.25, -0.2) is 0 Å². The van der Waals surface area contributed by atoms with Gasteiger partial charge in [-0.05, 0) is 94.8 Å². The smallest absolute Gasteiger partial charge is 0.151 e. The van der Waals surface area contributed by atoms with E-state index in [1.807, 2.05) is 0 Å². The maximum absolute atomic E-state index is 9.33. The Morgan fingerprint density at radius 1 is 1.07 bits per heavy atom. The SMILES string of the molecule is COC1C=CC(C2C=C(C)C(C3C=C(C)CCC3)CC2)C(CCC(O)O)C1. The van der Waals surface area contributed by atoms with E-state index in [9.17, 15) is 10.2 Å². The molecule has 0 aromatic heterocycles. The molecule has 0 radical (unpaired) electrons. The molecule has 27 heavy (non-hydrogen) atoms. The Balaban J connectivity index is 1.71. The maximum atomic E-state index is 9.33. The number of rotatable bonds is 6. The van der Waals surface area contributed by atoms with Crippen molar-refractivity contribution in [1.29, 1.82) is 0 Å². The molecule has 6 atom stereocenters. The highest BCUT2D eigenvalue weighted by Crippen LogP contribution is 2.44. The number of methoxy groups -OCH3 is 1. The van der Waals surface area contributed by atoms with Crippen LogP contribution in [0.2, 0.25) is 0 Å². The Labute approximate surface area is 165 Å². The van der Waals surface area contributed by atoms with Crippen molar-refractivity contribution in [2.75, 3.05) is 7.11 Å². The standard InChI is InChI=1S/C24H38O3/c1-16-5-4-6-18(13-16)22-10-7-19(14-17(22)2)23-11-9-21(27-3)15-20(23)8-12-24(25)26/h9,11,13-14,18-26H,4-8,10,12,15H2,1-3H3. The average molecular weight is 375 g/mol. The lowest BCUT2D eigenvalue weighted by Crippen LogP contribution is -2.32. The van der Waals surface area contributed by atoms with E-state index in [1.165, 1.54) is 32.1 Å². The largest absolute Gasteiger partial charge is 0.377 e. The number of hydrogen-bond donors (Lipinski definition) is 2. The van der Waals surface area contributed by atoms with E-state index in [2.05, 4.69) is 38.2 Å². The van der Waals surface area contributed by atoms with E-state index >= 15 is 0 Å². The minimum absolute atomic E-state index is 0.166. The number of aliphatic hydroxyl groups is 2. The Morgan fingerprint density at radius 3 is 2.56 bits per heavy atom. The van der Waals surface area contributed by atoms with Crippen molar-refractivity contribution in [3.8, 4) is 0 Å². The number of hydrogen-bond acceptors (Lipinski definition) is 3. The van der Waals surface area contributed by atoms with Crippen LogP contribution in [-0.2, 0) is 4.74 Å². The van der Waals surface area contributed by atoms with Crippen molar-refractivity contribution in [3.63, 3.8) is 0 Å². The van der Waals surface area contributed by atoms with E-state index in [1.54, 1.807) is 18.3 Å². The van der Waals surface area contributed by atoms with Gasteiger partial charge >= 0.3 is 0 Å². The molecule has 3 aliphatic carbocycles. The first-order valence-corrected chi connectivity index (χ1v) is 10.9. The van der Waals surface area contributed by atoms with E-state index in [0.717, 1.165) is 18.8 Å². The molecule has 0 saturated heterocycles. The van der Waals surface area contributed by atoms with Crippen molar-refractivity contribution < 1.29 is 14.9 Å². The van der Waals surface area contributed by atoms with Crippen molar-refractivity contribution >= 4 is 0 Å². The lowest BCUT2D eigenvalue weighted by molar-refractivity contribution is -0.0521. The zero-order valence-electron chi connectivity index (χ0n) is 17.3. The second kappa shape index (κ2) is 9.54. The summed E-state index contributed by atoms with van der Waals surface area (Å²) in [7, 11) is 1.77. The van der Waals surface area contributed by atoms with Gasteiger partial charge in [0.1, 0.15) is 0 Å². The summed E-state index contributed by atoms with van der Waals surface area (Å²) in [6.07, 6.45) is 17.4. The lowest BCUT2D eigenvalue weighted by Gasteiger charge is -2.40. The highest BCUT2D eigenvalue weighted by molar-refractivity contribution is 5.19. The summed E-state index contributed by atoms with van der Waals surface area (Å²) in [5.41, 5.74) is 3.15. The maximum Gasteiger partial charge on any atom is 0.151 e. The molecule has 0 fully saturated rings. The molecule has 3 aliphatic rings. The molecule has 3 nitrogen and oxygen atoms in total. The van der Waals surface area contributed by atoms with Crippen LogP contribution in [0.3, 0.4) is 0 Å². The zero-order valence-corrected chi connectivity index (χ0v) is 17.3. The first-order chi connectivity index (χ1) is 13.0. The van der Waals surface area contributed by atoms with Crippen molar-refractivity contribution in [2.45, 2.75) is 77.6 Å². The summed E-state index contributed by atoms with van der Waals surface area (Å²) < 4.78 is 5.56. The summed E-state index contributed by atoms with van der Waals surface area (Å²) in [6, 6.07) is 0. The molecule has 3 heteroatoms. The molecule has 6 unspecified atom stereocenters. The van der Waals surface area contributed by atoms with Crippen molar-refractivity contribution in [1.82, 2.24) is 0 Å². The summed E-state index contributed by atoms with van der Waals surface area (Å²) >= 11 is 0. The summed E-state index contributed by atoms with van der Waals surface area (Å²) in [6.45, 7) is 4.63. The number of aliphatic hydroxyl groups excluding tert-OH is 1. The van der Waals surface area contributed by atoms with Crippen LogP contribution >= 0.6 is 0 Å². The van der Waals surface area contributed by atoms with Crippen LogP contribution in [0.1, 0.15) is 65.2 Å². The number of allylic oxidation sites excluding steroid dienone is 5. The predicted molar refractivity (Wildman–Crippen MR) is 110 cm³/mol. The third kappa shape index (κ3) is 5.34. The molecule has 0 spiro atoms. The van der Waals surface area contributed by atoms with Crippen LogP contribution in [0.4, 0.5) is 0 Å². The molecule has 2 N–H and O–H groups in total. The fraction of sp³-hybridized carbons (Fsp3) is 0.750. The predicted octanol–water partition coefficient (Wildman–Crippen LogP) is 5.00. The topological polar surface area (TPSA) is 49.7 Å². The lowest BCUT2D eigenvalue weighted by atomic mass is 9.66. The molecule has 0 saturated carbocycles. The normalized spacial score (nSPS) is 37.3. The molecular formula is C24H38O3. The monoisotopic (exact) mass is 374 g/mol. The minimum Gasteiger partial charge on any atom is -0.377 e. The van der Waals surface area contributed by atoms with Gasteiger partial charge in [-0.2, -0.15) is 0 Å². The van der Waals surface area contributed by atoms with Crippen LogP contribution in [0.25, 0.3) is 0 Å². The first-order valence-electron chi connectivity index (χ1n) is 10.9. The van der Waals surface area contributed by atoms with Gasteiger partial charge in [0.2, 0.25) is 0 Å². The van der Waals surface area contributed by atoms with Crippen molar-refractivity contribution in [3.05, 3.63) is 35.5 Å². The fourth-order valence-corrected chi connectivity index (χ4v) is 5.75. The molecule has 0 aliphatic heterocycles. The van der Waals surface area contributed by atoms with Gasteiger partial charge in [0.25, 0.3) is 0 Å². The highest BCUT2D eigenvalue weighted by Gasteiger charge is 2.35. The molecule has 0 bridgehead atoms. The van der Waals surface area contributed by atoms with Crippen LogP contribution in [0.15, 0.2) is 35.5 Å². The fourth-order valence-electron chi connectivity index (χ4n) is 5.75. The van der Waals surface area contributed by atoms with E-state index in [-0.39, 0.29) is 6.10 Å². The summed E-state index contributed by atoms with van der Waals surface area (Å²) in [5, 5.41) is 18.7. The third-order valence-corrected chi connectivity index (χ3v) is 7.22. The molecule has 0 heterocycles. The molecule has 0 amide bonds. The number of ether oxygens (including phenoxy) is 1. The van der Waals surface area contributed by atoms with Gasteiger partial charge < -0.3 is 14.9 Å². The Morgan fingerprint density at radius 2 is 1.89 bits per heavy atom. The minimum atomic E-state index is -1.20. The zero-order chi connectivity index (χ0) is 19.4. The second-order valence-corrected chi connectivity index (χ2v) is 9.12. The van der Waals surface area contributed by atoms with Gasteiger partial charge in [0.15, 0.2) is 6.29 Å². The molecular weight excluding hydrogens is 336 g/mol. The third-order valence-electron chi connectivity index (χ3n) is 7.22. The Hall–Kier alpha value is -0.900. The van der Waals surface area contributed by atoms with Gasteiger partial charge in [-0.3, -0.25) is 0 Å². The summed E-state index contributed by atoms with van der Waals surface area (Å²) in [4.78, 5) is 0. The van der Waals surface area contributed by atoms with Crippen LogP contribution in [0, 0.1) is 29.6 Å². The Kier molecular flexibility index (Phi) is 7.35. The van der Waals surface area contributed by atoms with E-state index in [4.69, 9.17) is 4.74 Å². The molecule has 0 aromatic rings. The van der Waals surface area contributed by atoms with Gasteiger partial charge in [-0.15, -0.1) is 0 Å². The second-order valence-electron chi connectivity index (χ2n) is 9.12. The van der Waals surface area contributed by atoms with Crippen LogP contribution in [-0.4, -0.2) is 29.7 Å². The van der Waals surface area contributed by atoms with Crippen LogP contribution in [0.5, 0.6) is 0 Å². The van der Waals surface area contributed by atoms with E-state index < -0.39 is 6.29 Å². The molecule has 0 aromatic carbocycles. The van der Waals surface area contributed by atoms with Crippen molar-refractivity contribution in [2.24, 2.45) is 29.6 Å². The summed E-state index contributed by atoms with van der Waals surface area (Å²) in [5.74, 6) is 2.98. The van der Waals surface area contributed by atoms with Gasteiger partial charge in [-0.1, -0.05) is 35.5 Å². The van der Waals surface area contributed by atoms with Gasteiger partial charge in [0.05, 0.1) is 6.10 Å². The van der Waals surface area contributed by atoms with Gasteiger partial charge in [0, 0.05) is 7.11 Å². The molecule has 152 valence electrons. The first kappa shape index (κ1) is 20.8. The van der Waals surface area contributed by atoms with E-state index in [0.29, 0.717) is 30.1 Å². The highest BCUT2D eigenvalue weighted by atomic mass is 16.5.